The third-order valence-electron chi connectivity index (χ3n) is 6.13. The van der Waals surface area contributed by atoms with Gasteiger partial charge >= 0.3 is 0 Å². The van der Waals surface area contributed by atoms with Gasteiger partial charge in [0.05, 0.1) is 17.6 Å². The second-order valence-electron chi connectivity index (χ2n) is 8.37. The van der Waals surface area contributed by atoms with E-state index < -0.39 is 0 Å². The van der Waals surface area contributed by atoms with Gasteiger partial charge in [-0.15, -0.1) is 0 Å². The molecule has 2 aromatic heterocycles. The largest absolute Gasteiger partial charge is 0.491 e. The fourth-order valence-electron chi connectivity index (χ4n) is 4.60. The van der Waals surface area contributed by atoms with Crippen LogP contribution in [0, 0.1) is 6.92 Å². The van der Waals surface area contributed by atoms with Crippen LogP contribution in [-0.2, 0) is 19.4 Å². The molecule has 0 spiro atoms. The number of aromatic amines is 1. The molecule has 3 heterocycles. The normalized spacial score (nSPS) is 13.7. The van der Waals surface area contributed by atoms with E-state index in [-0.39, 0.29) is 0 Å². The quantitative estimate of drug-likeness (QED) is 0.472. The summed E-state index contributed by atoms with van der Waals surface area (Å²) in [6, 6.07) is 12.9. The molecular formula is C26H29N5O. The lowest BCUT2D eigenvalue weighted by Crippen LogP contribution is -2.28. The Balaban J connectivity index is 1.50. The van der Waals surface area contributed by atoms with Crippen LogP contribution >= 0.6 is 0 Å². The van der Waals surface area contributed by atoms with E-state index in [2.05, 4.69) is 70.1 Å². The van der Waals surface area contributed by atoms with Crippen molar-refractivity contribution in [2.45, 2.75) is 46.6 Å². The maximum absolute atomic E-state index is 6.11. The maximum atomic E-state index is 6.11. The van der Waals surface area contributed by atoms with E-state index >= 15 is 0 Å². The highest BCUT2D eigenvalue weighted by Crippen LogP contribution is 2.32. The number of hydrogen-bond acceptors (Lipinski definition) is 5. The molecule has 1 aliphatic rings. The number of fused-ring (bicyclic) bond motifs is 2. The number of anilines is 1. The molecule has 1 aliphatic heterocycles. The van der Waals surface area contributed by atoms with Gasteiger partial charge < -0.3 is 14.6 Å². The van der Waals surface area contributed by atoms with E-state index in [0.717, 1.165) is 60.8 Å². The lowest BCUT2D eigenvalue weighted by atomic mass is 10.0. The van der Waals surface area contributed by atoms with Gasteiger partial charge in [-0.25, -0.2) is 15.0 Å². The zero-order valence-corrected chi connectivity index (χ0v) is 19.0. The SMILES string of the molecule is CCCc1ncnc(N2CCOc3ccc(-c4ccc5nc(C)[nH]c5c4)cc3C2)c1CC. The molecule has 6 nitrogen and oxygen atoms in total. The van der Waals surface area contributed by atoms with Crippen molar-refractivity contribution in [2.75, 3.05) is 18.1 Å². The van der Waals surface area contributed by atoms with Crippen molar-refractivity contribution in [2.24, 2.45) is 0 Å². The summed E-state index contributed by atoms with van der Waals surface area (Å²) in [5.74, 6) is 2.93. The average molecular weight is 428 g/mol. The van der Waals surface area contributed by atoms with Gasteiger partial charge in [-0.3, -0.25) is 0 Å². The smallest absolute Gasteiger partial charge is 0.135 e. The Bertz CT molecular complexity index is 1260. The molecule has 4 aromatic rings. The molecule has 5 rings (SSSR count). The van der Waals surface area contributed by atoms with Crippen molar-refractivity contribution >= 4 is 16.9 Å². The first kappa shape index (κ1) is 20.5. The first-order valence-corrected chi connectivity index (χ1v) is 11.5. The predicted octanol–water partition coefficient (Wildman–Crippen LogP) is 5.24. The van der Waals surface area contributed by atoms with Crippen LogP contribution in [-0.4, -0.2) is 33.1 Å². The van der Waals surface area contributed by atoms with Crippen molar-refractivity contribution in [1.29, 1.82) is 0 Å². The summed E-state index contributed by atoms with van der Waals surface area (Å²) in [4.78, 5) is 19.5. The molecule has 0 saturated carbocycles. The van der Waals surface area contributed by atoms with Crippen LogP contribution in [0.4, 0.5) is 5.82 Å². The number of aromatic nitrogens is 4. The Morgan fingerprint density at radius 1 is 1.06 bits per heavy atom. The van der Waals surface area contributed by atoms with Gasteiger partial charge in [0.25, 0.3) is 0 Å². The first-order valence-electron chi connectivity index (χ1n) is 11.5. The first-order chi connectivity index (χ1) is 15.7. The zero-order valence-electron chi connectivity index (χ0n) is 19.0. The van der Waals surface area contributed by atoms with E-state index in [4.69, 9.17) is 9.72 Å². The molecule has 6 heteroatoms. The molecule has 0 radical (unpaired) electrons. The lowest BCUT2D eigenvalue weighted by Gasteiger charge is -2.24. The van der Waals surface area contributed by atoms with Gasteiger partial charge in [0.15, 0.2) is 0 Å². The average Bonchev–Trinajstić information content (AvgIpc) is 3.04. The van der Waals surface area contributed by atoms with Gasteiger partial charge in [0, 0.05) is 23.4 Å². The molecule has 32 heavy (non-hydrogen) atoms. The highest BCUT2D eigenvalue weighted by molar-refractivity contribution is 5.82. The highest BCUT2D eigenvalue weighted by atomic mass is 16.5. The van der Waals surface area contributed by atoms with Crippen LogP contribution in [0.25, 0.3) is 22.2 Å². The Morgan fingerprint density at radius 3 is 2.75 bits per heavy atom. The minimum absolute atomic E-state index is 0.641. The molecule has 0 atom stereocenters. The van der Waals surface area contributed by atoms with Gasteiger partial charge in [-0.2, -0.15) is 0 Å². The number of hydrogen-bond donors (Lipinski definition) is 1. The Morgan fingerprint density at radius 2 is 1.91 bits per heavy atom. The summed E-state index contributed by atoms with van der Waals surface area (Å²) in [5, 5.41) is 0. The zero-order chi connectivity index (χ0) is 22.1. The summed E-state index contributed by atoms with van der Waals surface area (Å²) in [5.41, 5.74) is 8.00. The number of nitrogens with one attached hydrogen (secondary N) is 1. The second-order valence-corrected chi connectivity index (χ2v) is 8.37. The van der Waals surface area contributed by atoms with Gasteiger partial charge in [-0.05, 0) is 55.2 Å². The van der Waals surface area contributed by atoms with Crippen molar-refractivity contribution in [3.05, 3.63) is 65.4 Å². The lowest BCUT2D eigenvalue weighted by molar-refractivity contribution is 0.331. The van der Waals surface area contributed by atoms with E-state index in [9.17, 15) is 0 Å². The fourth-order valence-corrected chi connectivity index (χ4v) is 4.60. The Kier molecular flexibility index (Phi) is 5.52. The van der Waals surface area contributed by atoms with Crippen LogP contribution in [0.5, 0.6) is 5.75 Å². The van der Waals surface area contributed by atoms with Crippen LogP contribution in [0.1, 0.15) is 42.9 Å². The minimum Gasteiger partial charge on any atom is -0.491 e. The number of imidazole rings is 1. The van der Waals surface area contributed by atoms with E-state index in [1.807, 2.05) is 6.92 Å². The molecule has 0 unspecified atom stereocenters. The van der Waals surface area contributed by atoms with Crippen molar-refractivity contribution in [3.63, 3.8) is 0 Å². The molecule has 2 aromatic carbocycles. The number of aryl methyl sites for hydroxylation is 2. The number of nitrogens with zero attached hydrogens (tertiary/aromatic N) is 4. The highest BCUT2D eigenvalue weighted by Gasteiger charge is 2.21. The Labute approximate surface area is 188 Å². The van der Waals surface area contributed by atoms with Crippen LogP contribution < -0.4 is 9.64 Å². The van der Waals surface area contributed by atoms with E-state index in [1.54, 1.807) is 6.33 Å². The van der Waals surface area contributed by atoms with Crippen molar-refractivity contribution in [3.8, 4) is 16.9 Å². The summed E-state index contributed by atoms with van der Waals surface area (Å²) in [6.07, 6.45) is 4.71. The van der Waals surface area contributed by atoms with Gasteiger partial charge in [0.2, 0.25) is 0 Å². The number of ether oxygens (including phenoxy) is 1. The number of H-pyrrole nitrogens is 1. The molecule has 1 N–H and O–H groups in total. The summed E-state index contributed by atoms with van der Waals surface area (Å²) in [6.45, 7) is 8.58. The monoisotopic (exact) mass is 427 g/mol. The molecule has 164 valence electrons. The van der Waals surface area contributed by atoms with E-state index in [1.165, 1.54) is 27.9 Å². The van der Waals surface area contributed by atoms with Crippen molar-refractivity contribution < 1.29 is 4.74 Å². The molecular weight excluding hydrogens is 398 g/mol. The second kappa shape index (κ2) is 8.61. The van der Waals surface area contributed by atoms with Gasteiger partial charge in [-0.1, -0.05) is 32.4 Å². The van der Waals surface area contributed by atoms with Crippen LogP contribution in [0.15, 0.2) is 42.7 Å². The van der Waals surface area contributed by atoms with Gasteiger partial charge in [0.1, 0.15) is 30.3 Å². The predicted molar refractivity (Wildman–Crippen MR) is 128 cm³/mol. The summed E-state index contributed by atoms with van der Waals surface area (Å²) in [7, 11) is 0. The molecule has 0 bridgehead atoms. The van der Waals surface area contributed by atoms with E-state index in [0.29, 0.717) is 6.61 Å². The number of rotatable bonds is 5. The molecule has 0 saturated heterocycles. The standard InChI is InChI=1S/C26H29N5O/c1-4-6-22-21(5-2)26(28-16-27-22)31-11-12-32-25-10-8-18(13-20(25)15-31)19-7-9-23-24(14-19)30-17(3)29-23/h7-10,13-14,16H,4-6,11-12,15H2,1-3H3,(H,29,30). The number of benzene rings is 2. The topological polar surface area (TPSA) is 66.9 Å². The molecule has 0 amide bonds. The van der Waals surface area contributed by atoms with Crippen molar-refractivity contribution in [1.82, 2.24) is 19.9 Å². The third kappa shape index (κ3) is 3.81. The molecule has 0 aliphatic carbocycles. The summed E-state index contributed by atoms with van der Waals surface area (Å²) < 4.78 is 6.11. The fraction of sp³-hybridized carbons (Fsp3) is 0.346. The third-order valence-corrected chi connectivity index (χ3v) is 6.13. The Hall–Kier alpha value is -3.41. The minimum atomic E-state index is 0.641. The maximum Gasteiger partial charge on any atom is 0.135 e. The van der Waals surface area contributed by atoms with Crippen LogP contribution in [0.3, 0.4) is 0 Å². The molecule has 0 fully saturated rings. The van der Waals surface area contributed by atoms with Crippen LogP contribution in [0.2, 0.25) is 0 Å². The summed E-state index contributed by atoms with van der Waals surface area (Å²) >= 11 is 0.